The van der Waals surface area contributed by atoms with Gasteiger partial charge in [-0.1, -0.05) is 6.07 Å². The number of hydrogen-bond acceptors (Lipinski definition) is 6. The molecule has 0 spiro atoms. The Balaban J connectivity index is 1.66. The number of fused-ring (bicyclic) bond motifs is 3. The highest BCUT2D eigenvalue weighted by atomic mass is 32.1. The van der Waals surface area contributed by atoms with E-state index in [1.54, 1.807) is 36.3 Å². The minimum Gasteiger partial charge on any atom is -0.264 e. The van der Waals surface area contributed by atoms with E-state index < -0.39 is 0 Å². The Kier molecular flexibility index (Phi) is 3.08. The first-order chi connectivity index (χ1) is 10.4. The predicted octanol–water partition coefficient (Wildman–Crippen LogP) is 3.02. The van der Waals surface area contributed by atoms with Crippen LogP contribution < -0.4 is 5.43 Å². The molecule has 1 aliphatic carbocycles. The Bertz CT molecular complexity index is 810. The van der Waals surface area contributed by atoms with Gasteiger partial charge in [-0.25, -0.2) is 9.97 Å². The minimum absolute atomic E-state index is 0.791. The fraction of sp³-hybridized carbons (Fsp3) is 0.200. The number of rotatable bonds is 3. The van der Waals surface area contributed by atoms with Crippen molar-refractivity contribution in [2.45, 2.75) is 19.3 Å². The first kappa shape index (κ1) is 12.4. The Morgan fingerprint density at radius 1 is 1.29 bits per heavy atom. The number of aromatic nitrogens is 3. The van der Waals surface area contributed by atoms with E-state index >= 15 is 0 Å². The smallest absolute Gasteiger partial charge is 0.158 e. The highest BCUT2D eigenvalue weighted by molar-refractivity contribution is 7.19. The van der Waals surface area contributed by atoms with Crippen molar-refractivity contribution in [3.8, 4) is 0 Å². The van der Waals surface area contributed by atoms with Gasteiger partial charge in [-0.2, -0.15) is 5.10 Å². The maximum atomic E-state index is 4.38. The highest BCUT2D eigenvalue weighted by Gasteiger charge is 2.20. The van der Waals surface area contributed by atoms with Crippen molar-refractivity contribution < 1.29 is 0 Å². The van der Waals surface area contributed by atoms with Gasteiger partial charge in [0.15, 0.2) is 5.82 Å². The number of aryl methyl sites for hydroxylation is 2. The second kappa shape index (κ2) is 5.21. The molecular weight excluding hydrogens is 282 g/mol. The summed E-state index contributed by atoms with van der Waals surface area (Å²) in [6.07, 6.45) is 10.3. The largest absolute Gasteiger partial charge is 0.264 e. The zero-order chi connectivity index (χ0) is 14.1. The third-order valence-electron chi connectivity index (χ3n) is 3.57. The van der Waals surface area contributed by atoms with Gasteiger partial charge in [-0.3, -0.25) is 10.4 Å². The van der Waals surface area contributed by atoms with Crippen LogP contribution in [0.5, 0.6) is 0 Å². The maximum absolute atomic E-state index is 4.38. The lowest BCUT2D eigenvalue weighted by atomic mass is 10.2. The molecule has 0 aliphatic heterocycles. The van der Waals surface area contributed by atoms with Gasteiger partial charge in [0.25, 0.3) is 0 Å². The summed E-state index contributed by atoms with van der Waals surface area (Å²) in [4.78, 5) is 15.3. The SMILES string of the molecule is C(=N\Nc1ncnc2sc3c(c12)CCC3)/c1cccnc1. The molecule has 3 heterocycles. The third-order valence-corrected chi connectivity index (χ3v) is 4.77. The van der Waals surface area contributed by atoms with Crippen LogP contribution in [0.1, 0.15) is 22.4 Å². The molecule has 0 radical (unpaired) electrons. The molecule has 21 heavy (non-hydrogen) atoms. The highest BCUT2D eigenvalue weighted by Crippen LogP contribution is 2.38. The van der Waals surface area contributed by atoms with Crippen molar-refractivity contribution in [1.29, 1.82) is 0 Å². The Hall–Kier alpha value is -2.34. The van der Waals surface area contributed by atoms with Crippen molar-refractivity contribution in [3.05, 3.63) is 46.9 Å². The average Bonchev–Trinajstić information content (AvgIpc) is 3.09. The van der Waals surface area contributed by atoms with E-state index in [1.807, 2.05) is 12.1 Å². The standard InChI is InChI=1S/C15H13N5S/c1-4-11-12(5-1)21-15-13(11)14(17-9-18-15)20-19-8-10-3-2-6-16-7-10/h2-3,6-9H,1,4-5H2,(H,17,18,20)/b19-8+. The minimum atomic E-state index is 0.791. The van der Waals surface area contributed by atoms with Crippen LogP contribution in [0.15, 0.2) is 36.0 Å². The Morgan fingerprint density at radius 2 is 2.29 bits per heavy atom. The number of nitrogens with zero attached hydrogens (tertiary/aromatic N) is 4. The molecule has 0 aromatic carbocycles. The Morgan fingerprint density at radius 3 is 3.19 bits per heavy atom. The fourth-order valence-corrected chi connectivity index (χ4v) is 3.86. The molecule has 0 atom stereocenters. The lowest BCUT2D eigenvalue weighted by Crippen LogP contribution is -1.96. The molecule has 4 rings (SSSR count). The molecule has 0 unspecified atom stereocenters. The van der Waals surface area contributed by atoms with Crippen molar-refractivity contribution in [1.82, 2.24) is 15.0 Å². The molecule has 0 saturated heterocycles. The van der Waals surface area contributed by atoms with Crippen LogP contribution in [0.4, 0.5) is 5.82 Å². The maximum Gasteiger partial charge on any atom is 0.158 e. The number of pyridine rings is 1. The molecule has 3 aromatic rings. The average molecular weight is 295 g/mol. The van der Waals surface area contributed by atoms with E-state index in [-0.39, 0.29) is 0 Å². The summed E-state index contributed by atoms with van der Waals surface area (Å²) in [5.41, 5.74) is 5.40. The second-order valence-electron chi connectivity index (χ2n) is 4.92. The monoisotopic (exact) mass is 295 g/mol. The van der Waals surface area contributed by atoms with Crippen LogP contribution in [0.25, 0.3) is 10.2 Å². The molecule has 1 aliphatic rings. The van der Waals surface area contributed by atoms with Gasteiger partial charge in [0.05, 0.1) is 11.6 Å². The molecule has 0 fully saturated rings. The van der Waals surface area contributed by atoms with Crippen molar-refractivity contribution in [3.63, 3.8) is 0 Å². The number of hydrazone groups is 1. The summed E-state index contributed by atoms with van der Waals surface area (Å²) < 4.78 is 0. The van der Waals surface area contributed by atoms with Crippen LogP contribution in [-0.4, -0.2) is 21.2 Å². The lowest BCUT2D eigenvalue weighted by molar-refractivity contribution is 0.917. The lowest BCUT2D eigenvalue weighted by Gasteiger charge is -2.02. The van der Waals surface area contributed by atoms with E-state index in [2.05, 4.69) is 25.5 Å². The second-order valence-corrected chi connectivity index (χ2v) is 6.00. The summed E-state index contributed by atoms with van der Waals surface area (Å²) >= 11 is 1.78. The third kappa shape index (κ3) is 2.27. The molecule has 0 saturated carbocycles. The van der Waals surface area contributed by atoms with E-state index in [4.69, 9.17) is 0 Å². The fourth-order valence-electron chi connectivity index (χ4n) is 2.63. The number of thiophene rings is 1. The summed E-state index contributed by atoms with van der Waals surface area (Å²) in [5, 5.41) is 5.40. The number of hydrogen-bond donors (Lipinski definition) is 1. The van der Waals surface area contributed by atoms with Gasteiger partial charge in [-0.15, -0.1) is 11.3 Å². The molecule has 3 aromatic heterocycles. The van der Waals surface area contributed by atoms with Gasteiger partial charge in [0.2, 0.25) is 0 Å². The summed E-state index contributed by atoms with van der Waals surface area (Å²) in [7, 11) is 0. The van der Waals surface area contributed by atoms with Gasteiger partial charge in [-0.05, 0) is 30.9 Å². The van der Waals surface area contributed by atoms with E-state index in [0.29, 0.717) is 0 Å². The van der Waals surface area contributed by atoms with Gasteiger partial charge >= 0.3 is 0 Å². The van der Waals surface area contributed by atoms with Crippen molar-refractivity contribution in [2.24, 2.45) is 5.10 Å². The summed E-state index contributed by atoms with van der Waals surface area (Å²) in [6, 6.07) is 3.84. The first-order valence-electron chi connectivity index (χ1n) is 6.86. The molecule has 6 heteroatoms. The molecule has 0 amide bonds. The van der Waals surface area contributed by atoms with Gasteiger partial charge in [0, 0.05) is 22.8 Å². The summed E-state index contributed by atoms with van der Waals surface area (Å²) in [5.74, 6) is 0.791. The van der Waals surface area contributed by atoms with Crippen LogP contribution in [0.3, 0.4) is 0 Å². The zero-order valence-electron chi connectivity index (χ0n) is 11.3. The van der Waals surface area contributed by atoms with Crippen LogP contribution in [-0.2, 0) is 12.8 Å². The first-order valence-corrected chi connectivity index (χ1v) is 7.68. The molecular formula is C15H13N5S. The zero-order valence-corrected chi connectivity index (χ0v) is 12.1. The van der Waals surface area contributed by atoms with Crippen molar-refractivity contribution in [2.75, 3.05) is 5.43 Å². The molecule has 0 bridgehead atoms. The summed E-state index contributed by atoms with van der Waals surface area (Å²) in [6.45, 7) is 0. The normalized spacial score (nSPS) is 13.9. The van der Waals surface area contributed by atoms with Crippen LogP contribution in [0, 0.1) is 0 Å². The van der Waals surface area contributed by atoms with E-state index in [1.165, 1.54) is 16.9 Å². The van der Waals surface area contributed by atoms with Gasteiger partial charge < -0.3 is 0 Å². The van der Waals surface area contributed by atoms with Crippen LogP contribution >= 0.6 is 11.3 Å². The van der Waals surface area contributed by atoms with Crippen LogP contribution in [0.2, 0.25) is 0 Å². The van der Waals surface area contributed by atoms with E-state index in [0.717, 1.165) is 34.4 Å². The number of anilines is 1. The molecule has 104 valence electrons. The van der Waals surface area contributed by atoms with Gasteiger partial charge in [0.1, 0.15) is 11.2 Å². The topological polar surface area (TPSA) is 63.1 Å². The quantitative estimate of drug-likeness (QED) is 0.596. The predicted molar refractivity (Wildman–Crippen MR) is 84.9 cm³/mol. The number of nitrogens with one attached hydrogen (secondary N) is 1. The van der Waals surface area contributed by atoms with E-state index in [9.17, 15) is 0 Å². The molecule has 5 nitrogen and oxygen atoms in total. The Labute approximate surface area is 125 Å². The van der Waals surface area contributed by atoms with Crippen molar-refractivity contribution >= 4 is 33.6 Å². The molecule has 1 N–H and O–H groups in total.